The highest BCUT2D eigenvalue weighted by molar-refractivity contribution is 7.99. The van der Waals surface area contributed by atoms with Crippen LogP contribution < -0.4 is 0 Å². The van der Waals surface area contributed by atoms with Crippen LogP contribution in [0.4, 0.5) is 0 Å². The number of carboxylic acids is 1. The molecule has 0 unspecified atom stereocenters. The van der Waals surface area contributed by atoms with E-state index < -0.39 is 21.2 Å². The molecule has 1 N–H and O–H groups in total. The molecule has 0 radical (unpaired) electrons. The molecule has 0 heterocycles. The van der Waals surface area contributed by atoms with E-state index in [4.69, 9.17) is 0 Å². The SMILES string of the molecule is CSc1c(C2(C(=O)O)CCC2)cccc1S(C)(=O)=O. The summed E-state index contributed by atoms with van der Waals surface area (Å²) >= 11 is 1.30. The smallest absolute Gasteiger partial charge is 0.314 e. The lowest BCUT2D eigenvalue weighted by Crippen LogP contribution is -2.42. The Kier molecular flexibility index (Phi) is 3.66. The van der Waals surface area contributed by atoms with Crippen molar-refractivity contribution in [3.05, 3.63) is 23.8 Å². The highest BCUT2D eigenvalue weighted by Gasteiger charge is 2.47. The first-order valence-corrected chi connectivity index (χ1v) is 9.05. The number of carbonyl (C=O) groups is 1. The van der Waals surface area contributed by atoms with E-state index in [1.165, 1.54) is 11.8 Å². The van der Waals surface area contributed by atoms with Gasteiger partial charge in [-0.3, -0.25) is 4.79 Å². The molecule has 0 aromatic heterocycles. The lowest BCUT2D eigenvalue weighted by molar-refractivity contribution is -0.147. The minimum atomic E-state index is -3.35. The molecule has 1 saturated carbocycles. The second-order valence-electron chi connectivity index (χ2n) is 4.85. The van der Waals surface area contributed by atoms with Crippen molar-refractivity contribution >= 4 is 27.6 Å². The Hall–Kier alpha value is -1.01. The number of hydrogen-bond acceptors (Lipinski definition) is 4. The molecular formula is C13H16O4S2. The molecule has 0 atom stereocenters. The summed E-state index contributed by atoms with van der Waals surface area (Å²) in [4.78, 5) is 12.4. The van der Waals surface area contributed by atoms with Crippen LogP contribution in [0, 0.1) is 0 Å². The molecule has 2 rings (SSSR count). The summed E-state index contributed by atoms with van der Waals surface area (Å²) in [7, 11) is -3.35. The molecule has 19 heavy (non-hydrogen) atoms. The number of hydrogen-bond donors (Lipinski definition) is 1. The topological polar surface area (TPSA) is 71.4 Å². The molecule has 104 valence electrons. The van der Waals surface area contributed by atoms with Gasteiger partial charge < -0.3 is 5.11 Å². The molecule has 0 amide bonds. The zero-order chi connectivity index (χ0) is 14.3. The van der Waals surface area contributed by atoms with Crippen molar-refractivity contribution in [2.24, 2.45) is 0 Å². The van der Waals surface area contributed by atoms with Gasteiger partial charge in [-0.2, -0.15) is 0 Å². The summed E-state index contributed by atoms with van der Waals surface area (Å²) in [5, 5.41) is 9.49. The van der Waals surface area contributed by atoms with Gasteiger partial charge in [0, 0.05) is 11.2 Å². The molecule has 0 saturated heterocycles. The third-order valence-electron chi connectivity index (χ3n) is 3.71. The minimum Gasteiger partial charge on any atom is -0.481 e. The predicted octanol–water partition coefficient (Wildman–Crippen LogP) is 2.32. The minimum absolute atomic E-state index is 0.227. The van der Waals surface area contributed by atoms with Gasteiger partial charge in [-0.1, -0.05) is 18.6 Å². The van der Waals surface area contributed by atoms with Crippen LogP contribution in [0.1, 0.15) is 24.8 Å². The van der Waals surface area contributed by atoms with Crippen LogP contribution in [0.2, 0.25) is 0 Å². The number of carboxylic acid groups (broad SMARTS) is 1. The first kappa shape index (κ1) is 14.4. The maximum atomic E-state index is 11.8. The summed E-state index contributed by atoms with van der Waals surface area (Å²) in [6.45, 7) is 0. The zero-order valence-electron chi connectivity index (χ0n) is 10.8. The fourth-order valence-electron chi connectivity index (χ4n) is 2.52. The lowest BCUT2D eigenvalue weighted by atomic mass is 9.64. The van der Waals surface area contributed by atoms with Gasteiger partial charge in [0.1, 0.15) is 0 Å². The number of sulfone groups is 1. The van der Waals surface area contributed by atoms with E-state index in [9.17, 15) is 18.3 Å². The molecule has 1 aliphatic rings. The first-order chi connectivity index (χ1) is 8.83. The van der Waals surface area contributed by atoms with Crippen LogP contribution in [-0.2, 0) is 20.0 Å². The standard InChI is InChI=1S/C13H16O4S2/c1-18-11-9(13(12(14)15)7-4-8-13)5-3-6-10(11)19(2,16)17/h3,5-6H,4,7-8H2,1-2H3,(H,14,15). The van der Waals surface area contributed by atoms with Gasteiger partial charge >= 0.3 is 5.97 Å². The average molecular weight is 300 g/mol. The fraction of sp³-hybridized carbons (Fsp3) is 0.462. The van der Waals surface area contributed by atoms with Crippen molar-refractivity contribution in [3.8, 4) is 0 Å². The molecule has 1 fully saturated rings. The van der Waals surface area contributed by atoms with Crippen molar-refractivity contribution in [2.45, 2.75) is 34.5 Å². The molecule has 0 bridgehead atoms. The fourth-order valence-corrected chi connectivity index (χ4v) is 4.75. The summed E-state index contributed by atoms with van der Waals surface area (Å²) in [5.74, 6) is -0.861. The number of rotatable bonds is 4. The molecular weight excluding hydrogens is 284 g/mol. The summed E-state index contributed by atoms with van der Waals surface area (Å²) in [5.41, 5.74) is -0.263. The Morgan fingerprint density at radius 1 is 1.37 bits per heavy atom. The largest absolute Gasteiger partial charge is 0.481 e. The van der Waals surface area contributed by atoms with Gasteiger partial charge in [-0.25, -0.2) is 8.42 Å². The molecule has 1 aromatic carbocycles. The summed E-state index contributed by atoms with van der Waals surface area (Å²) < 4.78 is 23.6. The van der Waals surface area contributed by atoms with Gasteiger partial charge in [0.15, 0.2) is 9.84 Å². The molecule has 1 aliphatic carbocycles. The third-order valence-corrected chi connectivity index (χ3v) is 5.83. The molecule has 0 spiro atoms. The average Bonchev–Trinajstić information content (AvgIpc) is 2.25. The van der Waals surface area contributed by atoms with E-state index in [2.05, 4.69) is 0 Å². The lowest BCUT2D eigenvalue weighted by Gasteiger charge is -2.39. The van der Waals surface area contributed by atoms with Crippen LogP contribution in [0.3, 0.4) is 0 Å². The Morgan fingerprint density at radius 2 is 2.00 bits per heavy atom. The molecule has 0 aliphatic heterocycles. The van der Waals surface area contributed by atoms with Gasteiger partial charge in [-0.15, -0.1) is 11.8 Å². The van der Waals surface area contributed by atoms with Gasteiger partial charge in [0.2, 0.25) is 0 Å². The van der Waals surface area contributed by atoms with Gasteiger partial charge in [-0.05, 0) is 30.7 Å². The Balaban J connectivity index is 2.69. The Morgan fingerprint density at radius 3 is 2.37 bits per heavy atom. The Labute approximate surface area is 117 Å². The van der Waals surface area contributed by atoms with Crippen molar-refractivity contribution in [2.75, 3.05) is 12.5 Å². The maximum absolute atomic E-state index is 11.8. The van der Waals surface area contributed by atoms with E-state index in [1.807, 2.05) is 0 Å². The van der Waals surface area contributed by atoms with Crippen molar-refractivity contribution in [1.82, 2.24) is 0 Å². The number of benzene rings is 1. The van der Waals surface area contributed by atoms with Crippen LogP contribution >= 0.6 is 11.8 Å². The molecule has 4 nitrogen and oxygen atoms in total. The van der Waals surface area contributed by atoms with E-state index in [0.29, 0.717) is 23.3 Å². The van der Waals surface area contributed by atoms with Crippen LogP contribution in [-0.4, -0.2) is 32.0 Å². The monoisotopic (exact) mass is 300 g/mol. The summed E-state index contributed by atoms with van der Waals surface area (Å²) in [6, 6.07) is 4.92. The zero-order valence-corrected chi connectivity index (χ0v) is 12.5. The van der Waals surface area contributed by atoms with E-state index in [1.54, 1.807) is 24.5 Å². The number of thioether (sulfide) groups is 1. The van der Waals surface area contributed by atoms with Crippen LogP contribution in [0.25, 0.3) is 0 Å². The Bertz CT molecular complexity index is 616. The second kappa shape index (κ2) is 4.83. The van der Waals surface area contributed by atoms with Crippen LogP contribution in [0.15, 0.2) is 28.0 Å². The molecule has 6 heteroatoms. The van der Waals surface area contributed by atoms with E-state index in [0.717, 1.165) is 12.7 Å². The van der Waals surface area contributed by atoms with Crippen molar-refractivity contribution in [3.63, 3.8) is 0 Å². The molecule has 1 aromatic rings. The normalized spacial score (nSPS) is 17.8. The van der Waals surface area contributed by atoms with Crippen molar-refractivity contribution in [1.29, 1.82) is 0 Å². The predicted molar refractivity (Wildman–Crippen MR) is 74.5 cm³/mol. The van der Waals surface area contributed by atoms with Crippen LogP contribution in [0.5, 0.6) is 0 Å². The van der Waals surface area contributed by atoms with E-state index in [-0.39, 0.29) is 4.90 Å². The highest BCUT2D eigenvalue weighted by atomic mass is 32.2. The highest BCUT2D eigenvalue weighted by Crippen LogP contribution is 2.48. The summed E-state index contributed by atoms with van der Waals surface area (Å²) in [6.07, 6.45) is 4.94. The third kappa shape index (κ3) is 2.27. The van der Waals surface area contributed by atoms with Crippen molar-refractivity contribution < 1.29 is 18.3 Å². The van der Waals surface area contributed by atoms with Gasteiger partial charge in [0.25, 0.3) is 0 Å². The first-order valence-electron chi connectivity index (χ1n) is 5.94. The van der Waals surface area contributed by atoms with Gasteiger partial charge in [0.05, 0.1) is 10.3 Å². The van der Waals surface area contributed by atoms with E-state index >= 15 is 0 Å². The second-order valence-corrected chi connectivity index (χ2v) is 7.65. The number of aliphatic carboxylic acids is 1. The quantitative estimate of drug-likeness (QED) is 0.864. The maximum Gasteiger partial charge on any atom is 0.314 e.